The van der Waals surface area contributed by atoms with Crippen LogP contribution >= 0.6 is 0 Å². The van der Waals surface area contributed by atoms with Crippen LogP contribution in [0.15, 0.2) is 187 Å². The fraction of sp³-hybridized carbons (Fsp3) is 0.191. The van der Waals surface area contributed by atoms with Gasteiger partial charge in [-0.2, -0.15) is 0 Å². The molecule has 0 N–H and O–H groups in total. The van der Waals surface area contributed by atoms with Gasteiger partial charge in [0, 0.05) is 36.2 Å². The maximum absolute atomic E-state index is 4.01. The van der Waals surface area contributed by atoms with Crippen molar-refractivity contribution in [2.75, 3.05) is 16.8 Å². The summed E-state index contributed by atoms with van der Waals surface area (Å²) in [4.78, 5) is 4.81. The van der Waals surface area contributed by atoms with Gasteiger partial charge in [0.05, 0.1) is 6.04 Å². The van der Waals surface area contributed by atoms with Gasteiger partial charge in [-0.3, -0.25) is 0 Å². The summed E-state index contributed by atoms with van der Waals surface area (Å²) in [6, 6.07) is 37.7. The molecule has 2 nitrogen and oxygen atoms in total. The Morgan fingerprint density at radius 3 is 2.06 bits per heavy atom. The molecule has 248 valence electrons. The molecule has 6 rings (SSSR count). The molecular weight excluding hydrogens is 593 g/mol. The molecule has 49 heavy (non-hydrogen) atoms. The van der Waals surface area contributed by atoms with E-state index < -0.39 is 0 Å². The zero-order valence-electron chi connectivity index (χ0n) is 29.6. The summed E-state index contributed by atoms with van der Waals surface area (Å²) in [5, 5.41) is 0. The molecule has 2 heteroatoms. The second kappa shape index (κ2) is 17.7. The molecule has 0 aromatic heterocycles. The number of benzene rings is 4. The first-order chi connectivity index (χ1) is 24.1. The Hall–Kier alpha value is -5.34. The average molecular weight is 643 g/mol. The highest BCUT2D eigenvalue weighted by Crippen LogP contribution is 2.36. The van der Waals surface area contributed by atoms with Gasteiger partial charge in [0.15, 0.2) is 0 Å². The quantitative estimate of drug-likeness (QED) is 0.150. The van der Waals surface area contributed by atoms with Gasteiger partial charge in [0.1, 0.15) is 0 Å². The van der Waals surface area contributed by atoms with Crippen molar-refractivity contribution < 1.29 is 0 Å². The Morgan fingerprint density at radius 2 is 1.37 bits per heavy atom. The molecule has 2 aliphatic rings. The zero-order valence-corrected chi connectivity index (χ0v) is 29.6. The Bertz CT molecular complexity index is 1850. The van der Waals surface area contributed by atoms with Crippen molar-refractivity contribution in [2.45, 2.75) is 52.5 Å². The van der Waals surface area contributed by atoms with E-state index >= 15 is 0 Å². The van der Waals surface area contributed by atoms with Gasteiger partial charge >= 0.3 is 0 Å². The second-order valence-corrected chi connectivity index (χ2v) is 12.1. The Kier molecular flexibility index (Phi) is 12.6. The smallest absolute Gasteiger partial charge is 0.0525 e. The molecule has 0 heterocycles. The van der Waals surface area contributed by atoms with Crippen molar-refractivity contribution in [3.63, 3.8) is 0 Å². The molecule has 0 amide bonds. The van der Waals surface area contributed by atoms with Crippen LogP contribution in [-0.4, -0.2) is 13.1 Å². The van der Waals surface area contributed by atoms with Gasteiger partial charge in [0.25, 0.3) is 0 Å². The van der Waals surface area contributed by atoms with E-state index in [-0.39, 0.29) is 6.04 Å². The van der Waals surface area contributed by atoms with E-state index in [1.54, 1.807) is 0 Å². The third kappa shape index (κ3) is 8.77. The summed E-state index contributed by atoms with van der Waals surface area (Å²) in [5.74, 6) is 0. The largest absolute Gasteiger partial charge is 0.348 e. The standard InChI is InChI=1S/C45H44N2.C2H6/c1-4-6-22-42(15-5-2)47(44-23-14-21-39(34-44)36-18-8-7-9-19-36)43-31-27-38(28-32-43)37-25-29-41(30-26-37)46(3)45-24-13-11-17-35-16-10-12-20-40(45)33-35;1-2/h4-5,7-21,23,25-32,34,42H,1,6,22,24,33H2,2-3H3;1-2H3/b13-11?,15-5-,35-17-,45-40+;. The fourth-order valence-corrected chi connectivity index (χ4v) is 6.52. The van der Waals surface area contributed by atoms with Crippen LogP contribution in [0.2, 0.25) is 0 Å². The minimum absolute atomic E-state index is 0.203. The molecule has 4 aromatic rings. The lowest BCUT2D eigenvalue weighted by molar-refractivity contribution is 0.709. The lowest BCUT2D eigenvalue weighted by Gasteiger charge is -2.33. The van der Waals surface area contributed by atoms with Crippen molar-refractivity contribution in [1.29, 1.82) is 0 Å². The van der Waals surface area contributed by atoms with Crippen LogP contribution in [0, 0.1) is 0 Å². The predicted octanol–water partition coefficient (Wildman–Crippen LogP) is 13.2. The van der Waals surface area contributed by atoms with Gasteiger partial charge in [-0.25, -0.2) is 0 Å². The molecule has 0 saturated heterocycles. The fourth-order valence-electron chi connectivity index (χ4n) is 6.52. The van der Waals surface area contributed by atoms with E-state index in [4.69, 9.17) is 0 Å². The van der Waals surface area contributed by atoms with Gasteiger partial charge in [-0.15, -0.1) is 6.58 Å². The molecule has 0 fully saturated rings. The van der Waals surface area contributed by atoms with Gasteiger partial charge in [-0.05, 0) is 96.0 Å². The molecule has 0 aliphatic heterocycles. The van der Waals surface area contributed by atoms with Crippen molar-refractivity contribution in [3.8, 4) is 22.3 Å². The Balaban J connectivity index is 0.00000230. The molecule has 1 atom stereocenters. The van der Waals surface area contributed by atoms with E-state index in [9.17, 15) is 0 Å². The number of allylic oxidation sites excluding steroid dienone is 11. The van der Waals surface area contributed by atoms with E-state index in [0.29, 0.717) is 0 Å². The minimum Gasteiger partial charge on any atom is -0.348 e. The van der Waals surface area contributed by atoms with Gasteiger partial charge in [-0.1, -0.05) is 141 Å². The van der Waals surface area contributed by atoms with Crippen LogP contribution < -0.4 is 9.80 Å². The molecule has 2 aliphatic carbocycles. The summed E-state index contributed by atoms with van der Waals surface area (Å²) >= 11 is 0. The van der Waals surface area contributed by atoms with Crippen molar-refractivity contribution in [1.82, 2.24) is 0 Å². The third-order valence-electron chi connectivity index (χ3n) is 9.02. The summed E-state index contributed by atoms with van der Waals surface area (Å²) in [6.45, 7) is 10.1. The van der Waals surface area contributed by atoms with Crippen molar-refractivity contribution >= 4 is 17.1 Å². The van der Waals surface area contributed by atoms with Gasteiger partial charge in [0.2, 0.25) is 0 Å². The minimum atomic E-state index is 0.203. The highest BCUT2D eigenvalue weighted by Gasteiger charge is 2.19. The van der Waals surface area contributed by atoms with E-state index in [0.717, 1.165) is 25.7 Å². The number of hydrogen-bond acceptors (Lipinski definition) is 2. The summed E-state index contributed by atoms with van der Waals surface area (Å²) in [5.41, 5.74) is 12.5. The molecule has 1 unspecified atom stereocenters. The van der Waals surface area contributed by atoms with Crippen molar-refractivity contribution in [3.05, 3.63) is 187 Å². The first-order valence-electron chi connectivity index (χ1n) is 17.7. The predicted molar refractivity (Wildman–Crippen MR) is 215 cm³/mol. The number of hydrogen-bond donors (Lipinski definition) is 0. The lowest BCUT2D eigenvalue weighted by Crippen LogP contribution is -2.29. The van der Waals surface area contributed by atoms with Crippen LogP contribution in [0.3, 0.4) is 0 Å². The van der Waals surface area contributed by atoms with E-state index in [1.807, 2.05) is 19.9 Å². The van der Waals surface area contributed by atoms with Crippen LogP contribution in [0.4, 0.5) is 17.1 Å². The Morgan fingerprint density at radius 1 is 0.714 bits per heavy atom. The van der Waals surface area contributed by atoms with E-state index in [1.165, 1.54) is 56.2 Å². The summed E-state index contributed by atoms with van der Waals surface area (Å²) < 4.78 is 0. The molecule has 4 aromatic carbocycles. The monoisotopic (exact) mass is 642 g/mol. The lowest BCUT2D eigenvalue weighted by atomic mass is 9.98. The maximum Gasteiger partial charge on any atom is 0.0525 e. The molecule has 0 saturated carbocycles. The summed E-state index contributed by atoms with van der Waals surface area (Å²) in [7, 11) is 2.19. The molecular formula is C47H50N2. The highest BCUT2D eigenvalue weighted by molar-refractivity contribution is 5.75. The normalized spacial score (nSPS) is 16.8. The SMILES string of the molecule is C=CCCC(/C=C\C)N(c1ccc(-c2ccc(N(C)/C3=C4\C=CC=C/C(=C/C=CC3)C4)cc2)cc1)c1cccc(-c2ccccc2)c1.CC. The van der Waals surface area contributed by atoms with Crippen molar-refractivity contribution in [2.24, 2.45) is 0 Å². The Labute approximate surface area is 295 Å². The van der Waals surface area contributed by atoms with Crippen LogP contribution in [0.5, 0.6) is 0 Å². The molecule has 2 bridgehead atoms. The average Bonchev–Trinajstić information content (AvgIpc) is 3.42. The molecule has 0 radical (unpaired) electrons. The van der Waals surface area contributed by atoms with Crippen LogP contribution in [0.1, 0.15) is 46.5 Å². The first kappa shape index (κ1) is 35.0. The number of nitrogens with zero attached hydrogens (tertiary/aromatic N) is 2. The maximum atomic E-state index is 4.01. The van der Waals surface area contributed by atoms with Crippen LogP contribution in [-0.2, 0) is 0 Å². The zero-order chi connectivity index (χ0) is 34.4. The topological polar surface area (TPSA) is 6.48 Å². The first-order valence-corrected chi connectivity index (χ1v) is 17.7. The van der Waals surface area contributed by atoms with E-state index in [2.05, 4.69) is 188 Å². The summed E-state index contributed by atoms with van der Waals surface area (Å²) in [6.07, 6.45) is 25.7. The van der Waals surface area contributed by atoms with Crippen LogP contribution in [0.25, 0.3) is 22.3 Å². The number of anilines is 3. The number of fused-ring (bicyclic) bond motifs is 2. The molecule has 0 spiro atoms. The third-order valence-corrected chi connectivity index (χ3v) is 9.02. The highest BCUT2D eigenvalue weighted by atomic mass is 15.2. The second-order valence-electron chi connectivity index (χ2n) is 12.1. The van der Waals surface area contributed by atoms with Gasteiger partial charge < -0.3 is 9.80 Å². The number of rotatable bonds is 11.